The molecule has 1 N–H and O–H groups in total. The first kappa shape index (κ1) is 12.7. The predicted molar refractivity (Wildman–Crippen MR) is 70.4 cm³/mol. The van der Waals surface area contributed by atoms with Crippen molar-refractivity contribution < 1.29 is 0 Å². The fraction of sp³-hybridized carbons (Fsp3) is 0.462. The lowest BCUT2D eigenvalue weighted by Crippen LogP contribution is -2.20. The maximum absolute atomic E-state index is 4.38. The van der Waals surface area contributed by atoms with E-state index in [0.717, 1.165) is 30.2 Å². The zero-order chi connectivity index (χ0) is 13.0. The van der Waals surface area contributed by atoms with Gasteiger partial charge in [-0.2, -0.15) is 5.10 Å². The third-order valence-electron chi connectivity index (χ3n) is 2.57. The molecule has 0 saturated carbocycles. The fourth-order valence-electron chi connectivity index (χ4n) is 1.71. The number of hydrogen-bond donors (Lipinski definition) is 1. The summed E-state index contributed by atoms with van der Waals surface area (Å²) in [5.41, 5.74) is 2.04. The number of nitrogens with zero attached hydrogens (tertiary/aromatic N) is 4. The van der Waals surface area contributed by atoms with Crippen LogP contribution in [0.3, 0.4) is 0 Å². The lowest BCUT2D eigenvalue weighted by atomic mass is 10.2. The molecule has 0 atom stereocenters. The molecule has 0 aliphatic heterocycles. The van der Waals surface area contributed by atoms with Crippen molar-refractivity contribution in [3.8, 4) is 5.82 Å². The Morgan fingerprint density at radius 3 is 2.89 bits per heavy atom. The summed E-state index contributed by atoms with van der Waals surface area (Å²) in [6.45, 7) is 8.08. The van der Waals surface area contributed by atoms with Crippen molar-refractivity contribution in [1.29, 1.82) is 0 Å². The minimum atomic E-state index is 0.630. The van der Waals surface area contributed by atoms with Gasteiger partial charge in [0.2, 0.25) is 0 Å². The number of hydrogen-bond acceptors (Lipinski definition) is 4. The molecule has 2 rings (SSSR count). The summed E-state index contributed by atoms with van der Waals surface area (Å²) in [5.74, 6) is 1.47. The summed E-state index contributed by atoms with van der Waals surface area (Å²) < 4.78 is 1.80. The van der Waals surface area contributed by atoms with Gasteiger partial charge in [-0.05, 0) is 25.5 Å². The first-order valence-corrected chi connectivity index (χ1v) is 6.19. The molecule has 0 saturated heterocycles. The SMILES string of the molecule is Cc1ccn(-c2ncncc2CNCC(C)C)n1. The highest BCUT2D eigenvalue weighted by Gasteiger charge is 2.07. The molecular weight excluding hydrogens is 226 g/mol. The number of rotatable bonds is 5. The Morgan fingerprint density at radius 2 is 2.22 bits per heavy atom. The largest absolute Gasteiger partial charge is 0.312 e. The van der Waals surface area contributed by atoms with Gasteiger partial charge in [-0.3, -0.25) is 0 Å². The maximum Gasteiger partial charge on any atom is 0.161 e. The van der Waals surface area contributed by atoms with E-state index in [-0.39, 0.29) is 0 Å². The lowest BCUT2D eigenvalue weighted by molar-refractivity contribution is 0.549. The number of aromatic nitrogens is 4. The molecule has 2 aromatic rings. The van der Waals surface area contributed by atoms with Gasteiger partial charge in [-0.25, -0.2) is 14.6 Å². The van der Waals surface area contributed by atoms with E-state index in [4.69, 9.17) is 0 Å². The molecule has 0 aromatic carbocycles. The van der Waals surface area contributed by atoms with Crippen LogP contribution in [0.4, 0.5) is 0 Å². The van der Waals surface area contributed by atoms with E-state index in [0.29, 0.717) is 5.92 Å². The summed E-state index contributed by atoms with van der Waals surface area (Å²) >= 11 is 0. The molecule has 0 radical (unpaired) electrons. The van der Waals surface area contributed by atoms with E-state index in [1.54, 1.807) is 11.0 Å². The van der Waals surface area contributed by atoms with E-state index in [1.165, 1.54) is 0 Å². The van der Waals surface area contributed by atoms with Gasteiger partial charge in [-0.1, -0.05) is 13.8 Å². The Morgan fingerprint density at radius 1 is 1.39 bits per heavy atom. The van der Waals surface area contributed by atoms with Crippen LogP contribution in [-0.4, -0.2) is 26.3 Å². The van der Waals surface area contributed by atoms with Gasteiger partial charge in [0.1, 0.15) is 6.33 Å². The molecule has 0 aliphatic carbocycles. The summed E-state index contributed by atoms with van der Waals surface area (Å²) in [4.78, 5) is 8.39. The first-order valence-electron chi connectivity index (χ1n) is 6.19. The van der Waals surface area contributed by atoms with Crippen molar-refractivity contribution in [3.05, 3.63) is 36.0 Å². The number of nitrogens with one attached hydrogen (secondary N) is 1. The molecule has 18 heavy (non-hydrogen) atoms. The molecule has 5 heteroatoms. The van der Waals surface area contributed by atoms with E-state index < -0.39 is 0 Å². The van der Waals surface area contributed by atoms with Gasteiger partial charge in [-0.15, -0.1) is 0 Å². The molecule has 2 heterocycles. The van der Waals surface area contributed by atoms with Crippen molar-refractivity contribution in [1.82, 2.24) is 25.1 Å². The van der Waals surface area contributed by atoms with E-state index in [1.807, 2.05) is 25.4 Å². The smallest absolute Gasteiger partial charge is 0.161 e. The van der Waals surface area contributed by atoms with Crippen LogP contribution >= 0.6 is 0 Å². The van der Waals surface area contributed by atoms with Crippen LogP contribution in [0.15, 0.2) is 24.8 Å². The van der Waals surface area contributed by atoms with E-state index >= 15 is 0 Å². The first-order chi connectivity index (χ1) is 8.66. The molecule has 0 aliphatic rings. The molecule has 96 valence electrons. The molecular formula is C13H19N5. The molecule has 0 fully saturated rings. The van der Waals surface area contributed by atoms with Gasteiger partial charge < -0.3 is 5.32 Å². The van der Waals surface area contributed by atoms with Crippen molar-refractivity contribution in [2.45, 2.75) is 27.3 Å². The van der Waals surface area contributed by atoms with Crippen LogP contribution in [-0.2, 0) is 6.54 Å². The van der Waals surface area contributed by atoms with Crippen molar-refractivity contribution in [3.63, 3.8) is 0 Å². The summed E-state index contributed by atoms with van der Waals surface area (Å²) in [7, 11) is 0. The topological polar surface area (TPSA) is 55.6 Å². The molecule has 0 bridgehead atoms. The highest BCUT2D eigenvalue weighted by Crippen LogP contribution is 2.09. The van der Waals surface area contributed by atoms with Crippen LogP contribution in [0.1, 0.15) is 25.1 Å². The standard InChI is InChI=1S/C13H19N5/c1-10(2)6-14-7-12-8-15-9-16-13(12)18-5-4-11(3)17-18/h4-5,8-10,14H,6-7H2,1-3H3. The van der Waals surface area contributed by atoms with Crippen LogP contribution < -0.4 is 5.32 Å². The van der Waals surface area contributed by atoms with Gasteiger partial charge in [0.05, 0.1) is 5.69 Å². The van der Waals surface area contributed by atoms with Crippen LogP contribution in [0.2, 0.25) is 0 Å². The summed E-state index contributed by atoms with van der Waals surface area (Å²) in [5, 5.41) is 7.78. The summed E-state index contributed by atoms with van der Waals surface area (Å²) in [6, 6.07) is 1.97. The molecule has 0 spiro atoms. The third kappa shape index (κ3) is 3.13. The maximum atomic E-state index is 4.38. The number of aryl methyl sites for hydroxylation is 1. The second-order valence-electron chi connectivity index (χ2n) is 4.80. The van der Waals surface area contributed by atoms with E-state index in [2.05, 4.69) is 34.2 Å². The zero-order valence-corrected chi connectivity index (χ0v) is 11.1. The molecule has 2 aromatic heterocycles. The summed E-state index contributed by atoms with van der Waals surface area (Å²) in [6.07, 6.45) is 5.31. The molecule has 0 unspecified atom stereocenters. The van der Waals surface area contributed by atoms with Crippen LogP contribution in [0.25, 0.3) is 5.82 Å². The van der Waals surface area contributed by atoms with Crippen molar-refractivity contribution in [2.24, 2.45) is 5.92 Å². The minimum Gasteiger partial charge on any atom is -0.312 e. The Labute approximate surface area is 107 Å². The highest BCUT2D eigenvalue weighted by atomic mass is 15.3. The fourth-order valence-corrected chi connectivity index (χ4v) is 1.71. The average molecular weight is 245 g/mol. The molecule has 5 nitrogen and oxygen atoms in total. The van der Waals surface area contributed by atoms with Gasteiger partial charge >= 0.3 is 0 Å². The predicted octanol–water partition coefficient (Wildman–Crippen LogP) is 1.72. The Kier molecular flexibility index (Phi) is 4.04. The third-order valence-corrected chi connectivity index (χ3v) is 2.57. The van der Waals surface area contributed by atoms with Gasteiger partial charge in [0, 0.05) is 24.5 Å². The van der Waals surface area contributed by atoms with Crippen LogP contribution in [0, 0.1) is 12.8 Å². The molecule has 0 amide bonds. The normalized spacial score (nSPS) is 11.1. The quantitative estimate of drug-likeness (QED) is 0.871. The van der Waals surface area contributed by atoms with Crippen molar-refractivity contribution in [2.75, 3.05) is 6.54 Å². The second kappa shape index (κ2) is 5.73. The monoisotopic (exact) mass is 245 g/mol. The van der Waals surface area contributed by atoms with Gasteiger partial charge in [0.25, 0.3) is 0 Å². The Hall–Kier alpha value is -1.75. The Balaban J connectivity index is 2.15. The van der Waals surface area contributed by atoms with E-state index in [9.17, 15) is 0 Å². The van der Waals surface area contributed by atoms with Crippen molar-refractivity contribution >= 4 is 0 Å². The van der Waals surface area contributed by atoms with Crippen LogP contribution in [0.5, 0.6) is 0 Å². The highest BCUT2D eigenvalue weighted by molar-refractivity contribution is 5.30. The average Bonchev–Trinajstić information content (AvgIpc) is 2.76. The van der Waals surface area contributed by atoms with Gasteiger partial charge in [0.15, 0.2) is 5.82 Å². The second-order valence-corrected chi connectivity index (χ2v) is 4.80. The minimum absolute atomic E-state index is 0.630. The zero-order valence-electron chi connectivity index (χ0n) is 11.1. The lowest BCUT2D eigenvalue weighted by Gasteiger charge is -2.10. The Bertz CT molecular complexity index is 504.